The fourth-order valence-electron chi connectivity index (χ4n) is 1.73. The Morgan fingerprint density at radius 3 is 2.53 bits per heavy atom. The lowest BCUT2D eigenvalue weighted by Gasteiger charge is -2.19. The van der Waals surface area contributed by atoms with E-state index in [9.17, 15) is 8.78 Å². The van der Waals surface area contributed by atoms with Gasteiger partial charge < -0.3 is 5.32 Å². The Kier molecular flexibility index (Phi) is 6.34. The van der Waals surface area contributed by atoms with Crippen LogP contribution in [0.5, 0.6) is 0 Å². The van der Waals surface area contributed by atoms with Crippen molar-refractivity contribution >= 4 is 17.4 Å². The topological polar surface area (TPSA) is 12.0 Å². The van der Waals surface area contributed by atoms with Crippen molar-refractivity contribution < 1.29 is 8.78 Å². The molecule has 0 aromatic heterocycles. The molecule has 0 aliphatic heterocycles. The smallest absolute Gasteiger partial charge is 0.288 e. The van der Waals surface area contributed by atoms with E-state index < -0.39 is 5.76 Å². The molecule has 1 unspecified atom stereocenters. The van der Waals surface area contributed by atoms with E-state index in [1.807, 2.05) is 12.1 Å². The SMILES string of the molecule is CCCC(CC)Nc1ccccc1SC(F)F. The van der Waals surface area contributed by atoms with Crippen LogP contribution in [-0.4, -0.2) is 11.8 Å². The summed E-state index contributed by atoms with van der Waals surface area (Å²) >= 11 is 0.600. The minimum absolute atomic E-state index is 0.361. The quantitative estimate of drug-likeness (QED) is 0.692. The van der Waals surface area contributed by atoms with Crippen molar-refractivity contribution in [3.8, 4) is 0 Å². The van der Waals surface area contributed by atoms with Gasteiger partial charge in [0.2, 0.25) is 0 Å². The summed E-state index contributed by atoms with van der Waals surface area (Å²) in [4.78, 5) is 0.622. The molecule has 0 bridgehead atoms. The van der Waals surface area contributed by atoms with Gasteiger partial charge in [-0.3, -0.25) is 0 Å². The lowest BCUT2D eigenvalue weighted by atomic mass is 10.1. The molecule has 1 rings (SSSR count). The number of rotatable bonds is 7. The molecule has 1 nitrogen and oxygen atoms in total. The molecule has 1 atom stereocenters. The second-order valence-electron chi connectivity index (χ2n) is 3.91. The Morgan fingerprint density at radius 2 is 1.94 bits per heavy atom. The molecular formula is C13H19F2NS. The highest BCUT2D eigenvalue weighted by atomic mass is 32.2. The number of nitrogens with one attached hydrogen (secondary N) is 1. The van der Waals surface area contributed by atoms with Crippen LogP contribution in [0.15, 0.2) is 29.2 Å². The fraction of sp³-hybridized carbons (Fsp3) is 0.538. The summed E-state index contributed by atoms with van der Waals surface area (Å²) in [6, 6.07) is 7.62. The van der Waals surface area contributed by atoms with Gasteiger partial charge in [0.1, 0.15) is 0 Å². The molecule has 0 radical (unpaired) electrons. The van der Waals surface area contributed by atoms with Crippen LogP contribution < -0.4 is 5.32 Å². The maximum atomic E-state index is 12.4. The van der Waals surface area contributed by atoms with Crippen molar-refractivity contribution in [2.75, 3.05) is 5.32 Å². The average Bonchev–Trinajstić information content (AvgIpc) is 2.30. The average molecular weight is 259 g/mol. The number of thioether (sulfide) groups is 1. The molecule has 96 valence electrons. The second-order valence-corrected chi connectivity index (χ2v) is 4.94. The number of para-hydroxylation sites is 1. The normalized spacial score (nSPS) is 12.8. The number of alkyl halides is 2. The molecule has 0 heterocycles. The Hall–Kier alpha value is -0.770. The highest BCUT2D eigenvalue weighted by molar-refractivity contribution is 7.99. The molecule has 4 heteroatoms. The lowest BCUT2D eigenvalue weighted by molar-refractivity contribution is 0.252. The second kappa shape index (κ2) is 7.54. The van der Waals surface area contributed by atoms with Crippen LogP contribution in [0.2, 0.25) is 0 Å². The molecule has 0 amide bonds. The van der Waals surface area contributed by atoms with Gasteiger partial charge in [0.05, 0.1) is 0 Å². The zero-order valence-electron chi connectivity index (χ0n) is 10.2. The summed E-state index contributed by atoms with van der Waals surface area (Å²) < 4.78 is 24.8. The van der Waals surface area contributed by atoms with Gasteiger partial charge in [-0.15, -0.1) is 0 Å². The van der Waals surface area contributed by atoms with Gasteiger partial charge in [0.15, 0.2) is 0 Å². The maximum Gasteiger partial charge on any atom is 0.288 e. The van der Waals surface area contributed by atoms with Crippen LogP contribution >= 0.6 is 11.8 Å². The summed E-state index contributed by atoms with van der Waals surface area (Å²) in [5.74, 6) is -2.37. The molecule has 1 aromatic carbocycles. The third-order valence-corrected chi connectivity index (χ3v) is 3.38. The molecule has 1 N–H and O–H groups in total. The van der Waals surface area contributed by atoms with E-state index in [2.05, 4.69) is 19.2 Å². The third-order valence-electron chi connectivity index (χ3n) is 2.59. The molecule has 0 aliphatic carbocycles. The van der Waals surface area contributed by atoms with Crippen LogP contribution in [0.4, 0.5) is 14.5 Å². The molecule has 0 aliphatic rings. The molecule has 0 spiro atoms. The summed E-state index contributed by atoms with van der Waals surface area (Å²) in [7, 11) is 0. The predicted octanol–water partition coefficient (Wildman–Crippen LogP) is 4.99. The lowest BCUT2D eigenvalue weighted by Crippen LogP contribution is -2.18. The number of hydrogen-bond donors (Lipinski definition) is 1. The molecule has 0 saturated heterocycles. The van der Waals surface area contributed by atoms with Crippen molar-refractivity contribution in [2.24, 2.45) is 0 Å². The van der Waals surface area contributed by atoms with Gasteiger partial charge in [0.25, 0.3) is 5.76 Å². The highest BCUT2D eigenvalue weighted by Crippen LogP contribution is 2.32. The zero-order valence-corrected chi connectivity index (χ0v) is 11.1. The van der Waals surface area contributed by atoms with Crippen LogP contribution in [-0.2, 0) is 0 Å². The first-order valence-corrected chi connectivity index (χ1v) is 6.85. The van der Waals surface area contributed by atoms with Crippen molar-refractivity contribution in [3.63, 3.8) is 0 Å². The Morgan fingerprint density at radius 1 is 1.24 bits per heavy atom. The zero-order chi connectivity index (χ0) is 12.7. The summed E-state index contributed by atoms with van der Waals surface area (Å²) in [5.41, 5.74) is 0.818. The van der Waals surface area contributed by atoms with E-state index in [4.69, 9.17) is 0 Å². The Balaban J connectivity index is 2.74. The predicted molar refractivity (Wildman–Crippen MR) is 70.9 cm³/mol. The molecule has 1 aromatic rings. The van der Waals surface area contributed by atoms with Crippen LogP contribution in [0.1, 0.15) is 33.1 Å². The third kappa shape index (κ3) is 4.94. The van der Waals surface area contributed by atoms with Gasteiger partial charge in [-0.25, -0.2) is 0 Å². The fourth-order valence-corrected chi connectivity index (χ4v) is 2.33. The van der Waals surface area contributed by atoms with E-state index >= 15 is 0 Å². The van der Waals surface area contributed by atoms with Crippen LogP contribution in [0, 0.1) is 0 Å². The number of anilines is 1. The minimum Gasteiger partial charge on any atom is -0.381 e. The van der Waals surface area contributed by atoms with Crippen molar-refractivity contribution in [2.45, 2.75) is 49.8 Å². The van der Waals surface area contributed by atoms with E-state index in [0.29, 0.717) is 22.7 Å². The van der Waals surface area contributed by atoms with E-state index in [0.717, 1.165) is 24.9 Å². The van der Waals surface area contributed by atoms with Gasteiger partial charge in [0, 0.05) is 16.6 Å². The molecule has 0 saturated carbocycles. The Bertz CT molecular complexity index is 331. The van der Waals surface area contributed by atoms with Gasteiger partial charge >= 0.3 is 0 Å². The highest BCUT2D eigenvalue weighted by Gasteiger charge is 2.12. The van der Waals surface area contributed by atoms with E-state index in [-0.39, 0.29) is 0 Å². The van der Waals surface area contributed by atoms with Crippen LogP contribution in [0.25, 0.3) is 0 Å². The minimum atomic E-state index is -2.37. The van der Waals surface area contributed by atoms with Crippen molar-refractivity contribution in [1.29, 1.82) is 0 Å². The number of hydrogen-bond acceptors (Lipinski definition) is 2. The first-order chi connectivity index (χ1) is 8.17. The number of halogens is 2. The molecule has 0 fully saturated rings. The first kappa shape index (κ1) is 14.3. The molecular weight excluding hydrogens is 240 g/mol. The van der Waals surface area contributed by atoms with E-state index in [1.165, 1.54) is 0 Å². The van der Waals surface area contributed by atoms with Crippen LogP contribution in [0.3, 0.4) is 0 Å². The van der Waals surface area contributed by atoms with Gasteiger partial charge in [-0.1, -0.05) is 44.2 Å². The Labute approximate surface area is 106 Å². The monoisotopic (exact) mass is 259 g/mol. The maximum absolute atomic E-state index is 12.4. The largest absolute Gasteiger partial charge is 0.381 e. The summed E-state index contributed by atoms with van der Waals surface area (Å²) in [6.45, 7) is 4.24. The van der Waals surface area contributed by atoms with Crippen molar-refractivity contribution in [1.82, 2.24) is 0 Å². The summed E-state index contributed by atoms with van der Waals surface area (Å²) in [5, 5.41) is 3.35. The molecule has 17 heavy (non-hydrogen) atoms. The summed E-state index contributed by atoms with van der Waals surface area (Å²) in [6.07, 6.45) is 3.15. The first-order valence-electron chi connectivity index (χ1n) is 5.97. The van der Waals surface area contributed by atoms with Gasteiger partial charge in [-0.05, 0) is 25.0 Å². The van der Waals surface area contributed by atoms with Crippen molar-refractivity contribution in [3.05, 3.63) is 24.3 Å². The van der Waals surface area contributed by atoms with E-state index in [1.54, 1.807) is 12.1 Å². The standard InChI is InChI=1S/C13H19F2NS/c1-3-7-10(4-2)16-11-8-5-6-9-12(11)17-13(14)15/h5-6,8-10,13,16H,3-4,7H2,1-2H3. The van der Waals surface area contributed by atoms with Gasteiger partial charge in [-0.2, -0.15) is 8.78 Å². The number of benzene rings is 1.